The Morgan fingerprint density at radius 3 is 2.15 bits per heavy atom. The Balaban J connectivity index is 1.92. The van der Waals surface area contributed by atoms with Gasteiger partial charge in [0.05, 0.1) is 19.4 Å². The molecule has 13 nitrogen and oxygen atoms in total. The number of carbonyl (C=O) groups is 3. The predicted octanol–water partition coefficient (Wildman–Crippen LogP) is 3.15. The molecular weight excluding hydrogens is 539 g/mol. The van der Waals surface area contributed by atoms with E-state index in [4.69, 9.17) is 9.05 Å². The number of nitrogens with one attached hydrogen (secondary N) is 2. The van der Waals surface area contributed by atoms with Crippen LogP contribution in [0.5, 0.6) is 0 Å². The van der Waals surface area contributed by atoms with Crippen molar-refractivity contribution in [3.63, 3.8) is 0 Å². The molecule has 3 amide bonds. The summed E-state index contributed by atoms with van der Waals surface area (Å²) in [7, 11) is -3.75. The van der Waals surface area contributed by atoms with Crippen molar-refractivity contribution in [2.24, 2.45) is 0 Å². The van der Waals surface area contributed by atoms with Gasteiger partial charge in [-0.25, -0.2) is 14.8 Å². The van der Waals surface area contributed by atoms with Crippen molar-refractivity contribution in [2.45, 2.75) is 39.8 Å². The Morgan fingerprint density at radius 1 is 1.00 bits per heavy atom. The fraction of sp³-hybridized carbons (Fsp3) is 0.500. The molecule has 0 spiro atoms. The van der Waals surface area contributed by atoms with Gasteiger partial charge in [0.2, 0.25) is 5.91 Å². The second-order valence-corrected chi connectivity index (χ2v) is 11.5. The lowest BCUT2D eigenvalue weighted by molar-refractivity contribution is -0.134. The number of carboxylic acid groups (broad SMARTS) is 1. The first-order valence-corrected chi connectivity index (χ1v) is 14.9. The van der Waals surface area contributed by atoms with Crippen LogP contribution >= 0.6 is 7.60 Å². The molecule has 14 heteroatoms. The summed E-state index contributed by atoms with van der Waals surface area (Å²) >= 11 is 0. The number of rotatable bonds is 12. The minimum atomic E-state index is -3.75. The molecule has 1 saturated heterocycles. The second-order valence-electron chi connectivity index (χ2n) is 9.38. The Hall–Kier alpha value is -3.54. The Labute approximate surface area is 233 Å². The van der Waals surface area contributed by atoms with Gasteiger partial charge in [-0.15, -0.1) is 0 Å². The molecule has 3 rings (SSSR count). The van der Waals surface area contributed by atoms with E-state index in [1.165, 1.54) is 15.9 Å². The van der Waals surface area contributed by atoms with E-state index < -0.39 is 37.7 Å². The fourth-order valence-corrected chi connectivity index (χ4v) is 5.93. The molecule has 0 saturated carbocycles. The lowest BCUT2D eigenvalue weighted by Crippen LogP contribution is -2.56. The highest BCUT2D eigenvalue weighted by Crippen LogP contribution is 2.48. The minimum Gasteiger partial charge on any atom is -0.465 e. The zero-order chi connectivity index (χ0) is 29.3. The number of piperazine rings is 1. The van der Waals surface area contributed by atoms with E-state index in [1.807, 2.05) is 44.2 Å². The molecule has 1 fully saturated rings. The minimum absolute atomic E-state index is 0.00755. The average Bonchev–Trinajstić information content (AvgIpc) is 2.92. The van der Waals surface area contributed by atoms with Crippen LogP contribution in [0.2, 0.25) is 0 Å². The third-order valence-electron chi connectivity index (χ3n) is 5.95. The molecular formula is C26H37N6O7P. The van der Waals surface area contributed by atoms with Gasteiger partial charge in [-0.1, -0.05) is 30.3 Å². The van der Waals surface area contributed by atoms with Gasteiger partial charge in [0.15, 0.2) is 5.82 Å². The van der Waals surface area contributed by atoms with Crippen LogP contribution in [-0.2, 0) is 18.4 Å². The first-order valence-electron chi connectivity index (χ1n) is 13.2. The maximum Gasteiger partial charge on any atom is 0.407 e. The van der Waals surface area contributed by atoms with E-state index in [0.29, 0.717) is 17.2 Å². The standard InChI is InChI=1S/C26H37N6O7P/c1-5-38-40(37,39-6-2)17-21(25(34)31-12-14-32(15-13-31)26(35)36)29-24(33)20-16-22(27-18(3)4)30-23(28-20)19-10-8-7-9-11-19/h7-11,16,18,21H,5-6,12-15,17H2,1-4H3,(H,29,33)(H,35,36)(H,27,28,30)/t21-/m0/s1. The highest BCUT2D eigenvalue weighted by molar-refractivity contribution is 7.54. The summed E-state index contributed by atoms with van der Waals surface area (Å²) in [5, 5.41) is 15.1. The zero-order valence-corrected chi connectivity index (χ0v) is 24.1. The molecule has 1 aromatic heterocycles. The van der Waals surface area contributed by atoms with Gasteiger partial charge in [-0.05, 0) is 27.7 Å². The van der Waals surface area contributed by atoms with Gasteiger partial charge >= 0.3 is 13.7 Å². The Morgan fingerprint density at radius 2 is 1.60 bits per heavy atom. The molecule has 3 N–H and O–H groups in total. The van der Waals surface area contributed by atoms with Gasteiger partial charge in [0.25, 0.3) is 5.91 Å². The van der Waals surface area contributed by atoms with E-state index in [1.54, 1.807) is 13.8 Å². The largest absolute Gasteiger partial charge is 0.465 e. The zero-order valence-electron chi connectivity index (χ0n) is 23.2. The molecule has 2 heterocycles. The predicted molar refractivity (Wildman–Crippen MR) is 149 cm³/mol. The SMILES string of the molecule is CCOP(=O)(C[C@H](NC(=O)c1cc(NC(C)C)nc(-c2ccccc2)n1)C(=O)N1CCN(C(=O)O)CC1)OCC. The van der Waals surface area contributed by atoms with Crippen molar-refractivity contribution >= 4 is 31.3 Å². The van der Waals surface area contributed by atoms with E-state index in [-0.39, 0.29) is 51.1 Å². The van der Waals surface area contributed by atoms with Crippen LogP contribution < -0.4 is 10.6 Å². The van der Waals surface area contributed by atoms with E-state index in [0.717, 1.165) is 0 Å². The molecule has 2 aromatic rings. The topological polar surface area (TPSA) is 163 Å². The van der Waals surface area contributed by atoms with E-state index in [9.17, 15) is 24.1 Å². The first-order chi connectivity index (χ1) is 19.0. The maximum atomic E-state index is 13.6. The smallest absolute Gasteiger partial charge is 0.407 e. The van der Waals surface area contributed by atoms with Crippen LogP contribution in [0.1, 0.15) is 38.2 Å². The van der Waals surface area contributed by atoms with Gasteiger partial charge in [-0.3, -0.25) is 14.2 Å². The average molecular weight is 577 g/mol. The molecule has 0 unspecified atom stereocenters. The van der Waals surface area contributed by atoms with Crippen LogP contribution in [-0.4, -0.2) is 100 Å². The van der Waals surface area contributed by atoms with Crippen molar-refractivity contribution in [1.29, 1.82) is 0 Å². The van der Waals surface area contributed by atoms with Crippen molar-refractivity contribution in [2.75, 3.05) is 50.9 Å². The van der Waals surface area contributed by atoms with Crippen LogP contribution in [0.4, 0.5) is 10.6 Å². The molecule has 0 bridgehead atoms. The third-order valence-corrected chi connectivity index (χ3v) is 8.07. The number of anilines is 1. The van der Waals surface area contributed by atoms with Gasteiger partial charge in [-0.2, -0.15) is 0 Å². The second kappa shape index (κ2) is 14.2. The number of hydrogen-bond donors (Lipinski definition) is 3. The monoisotopic (exact) mass is 576 g/mol. The Bertz CT molecular complexity index is 1210. The summed E-state index contributed by atoms with van der Waals surface area (Å²) in [6.07, 6.45) is -1.47. The number of aromatic nitrogens is 2. The normalized spacial score (nSPS) is 14.6. The fourth-order valence-electron chi connectivity index (χ4n) is 4.17. The van der Waals surface area contributed by atoms with E-state index >= 15 is 0 Å². The highest BCUT2D eigenvalue weighted by atomic mass is 31.2. The lowest BCUT2D eigenvalue weighted by atomic mass is 10.2. The van der Waals surface area contributed by atoms with Gasteiger partial charge in [0, 0.05) is 43.9 Å². The highest BCUT2D eigenvalue weighted by Gasteiger charge is 2.37. The summed E-state index contributed by atoms with van der Waals surface area (Å²) in [4.78, 5) is 50.1. The van der Waals surface area contributed by atoms with Gasteiger partial charge in [0.1, 0.15) is 17.6 Å². The molecule has 1 aliphatic heterocycles. The van der Waals surface area contributed by atoms with Crippen LogP contribution in [0.15, 0.2) is 36.4 Å². The number of amides is 3. The van der Waals surface area contributed by atoms with Crippen molar-refractivity contribution in [1.82, 2.24) is 25.1 Å². The van der Waals surface area contributed by atoms with Crippen LogP contribution in [0, 0.1) is 0 Å². The summed E-state index contributed by atoms with van der Waals surface area (Å²) in [5.41, 5.74) is 0.707. The molecule has 0 radical (unpaired) electrons. The molecule has 218 valence electrons. The summed E-state index contributed by atoms with van der Waals surface area (Å²) in [5.74, 6) is -0.446. The first kappa shape index (κ1) is 31.0. The number of hydrogen-bond acceptors (Lipinski definition) is 9. The molecule has 1 aliphatic rings. The maximum absolute atomic E-state index is 13.6. The molecule has 40 heavy (non-hydrogen) atoms. The van der Waals surface area contributed by atoms with Gasteiger partial charge < -0.3 is 34.6 Å². The molecule has 1 atom stereocenters. The third kappa shape index (κ3) is 8.48. The number of benzene rings is 1. The van der Waals surface area contributed by atoms with Crippen molar-refractivity contribution in [3.05, 3.63) is 42.1 Å². The van der Waals surface area contributed by atoms with Crippen molar-refractivity contribution < 1.29 is 33.1 Å². The number of carbonyl (C=O) groups excluding carboxylic acids is 2. The van der Waals surface area contributed by atoms with E-state index in [2.05, 4.69) is 20.6 Å². The van der Waals surface area contributed by atoms with Crippen molar-refractivity contribution in [3.8, 4) is 11.4 Å². The summed E-state index contributed by atoms with van der Waals surface area (Å²) < 4.78 is 24.2. The lowest BCUT2D eigenvalue weighted by Gasteiger charge is -2.35. The van der Waals surface area contributed by atoms with Crippen LogP contribution in [0.25, 0.3) is 11.4 Å². The quantitative estimate of drug-likeness (QED) is 0.320. The molecule has 0 aliphatic carbocycles. The molecule has 1 aromatic carbocycles. The number of nitrogens with zero attached hydrogens (tertiary/aromatic N) is 4. The summed E-state index contributed by atoms with van der Waals surface area (Å²) in [6, 6.07) is 9.40. The van der Waals surface area contributed by atoms with Crippen LogP contribution in [0.3, 0.4) is 0 Å². The Kier molecular flexibility index (Phi) is 11.0. The summed E-state index contributed by atoms with van der Waals surface area (Å²) in [6.45, 7) is 7.82.